The molecule has 0 spiro atoms. The highest BCUT2D eigenvalue weighted by molar-refractivity contribution is 5.83. The monoisotopic (exact) mass is 444 g/mol. The number of hydrogen-bond acceptors (Lipinski definition) is 4. The number of halogens is 3. The zero-order valence-corrected chi connectivity index (χ0v) is 17.0. The van der Waals surface area contributed by atoms with Crippen molar-refractivity contribution in [1.29, 1.82) is 0 Å². The summed E-state index contributed by atoms with van der Waals surface area (Å²) in [5, 5.41) is 18.5. The van der Waals surface area contributed by atoms with Gasteiger partial charge in [0.15, 0.2) is 0 Å². The van der Waals surface area contributed by atoms with Gasteiger partial charge in [-0.15, -0.1) is 0 Å². The number of nitrogens with zero attached hydrogens (tertiary/aromatic N) is 4. The number of ether oxygens (including phenoxy) is 1. The predicted octanol–water partition coefficient (Wildman–Crippen LogP) is 4.26. The van der Waals surface area contributed by atoms with Crippen LogP contribution in [0.5, 0.6) is 5.75 Å². The molecule has 0 unspecified atom stereocenters. The second kappa shape index (κ2) is 8.37. The third-order valence-electron chi connectivity index (χ3n) is 4.96. The molecule has 0 atom stereocenters. The third kappa shape index (κ3) is 4.58. The number of carbonyl (C=O) groups is 1. The average Bonchev–Trinajstić information content (AvgIpc) is 3.30. The standard InChI is InChI=1S/C22H19F3N4O3/c1-14-19(27-29(26-14)17-4-2-16(3-5-17)22(23,24)25)9-11-32-18-6-7-20-15(12-18)8-10-28(20)13-21(30)31/h2-8,10,12H,9,11,13H2,1H3,(H,30,31). The summed E-state index contributed by atoms with van der Waals surface area (Å²) in [6, 6.07) is 11.9. The van der Waals surface area contributed by atoms with E-state index in [-0.39, 0.29) is 6.54 Å². The van der Waals surface area contributed by atoms with Gasteiger partial charge in [-0.3, -0.25) is 4.79 Å². The fourth-order valence-corrected chi connectivity index (χ4v) is 3.36. The van der Waals surface area contributed by atoms with E-state index in [4.69, 9.17) is 9.84 Å². The van der Waals surface area contributed by atoms with Crippen LogP contribution >= 0.6 is 0 Å². The molecule has 10 heteroatoms. The van der Waals surface area contributed by atoms with E-state index in [0.717, 1.165) is 23.0 Å². The van der Waals surface area contributed by atoms with Crippen molar-refractivity contribution in [2.45, 2.75) is 26.1 Å². The first kappa shape index (κ1) is 21.4. The molecule has 0 radical (unpaired) electrons. The number of fused-ring (bicyclic) bond motifs is 1. The van der Waals surface area contributed by atoms with Crippen molar-refractivity contribution in [2.75, 3.05) is 6.61 Å². The van der Waals surface area contributed by atoms with Crippen molar-refractivity contribution >= 4 is 16.9 Å². The maximum Gasteiger partial charge on any atom is 0.416 e. The number of aryl methyl sites for hydroxylation is 1. The molecule has 166 valence electrons. The lowest BCUT2D eigenvalue weighted by Crippen LogP contribution is -2.07. The molecule has 7 nitrogen and oxygen atoms in total. The van der Waals surface area contributed by atoms with Gasteiger partial charge in [0, 0.05) is 23.5 Å². The molecular weight excluding hydrogens is 425 g/mol. The van der Waals surface area contributed by atoms with Crippen LogP contribution in [0.4, 0.5) is 13.2 Å². The predicted molar refractivity (Wildman–Crippen MR) is 110 cm³/mol. The molecule has 0 bridgehead atoms. The zero-order chi connectivity index (χ0) is 22.9. The topological polar surface area (TPSA) is 82.2 Å². The minimum absolute atomic E-state index is 0.114. The van der Waals surface area contributed by atoms with Crippen molar-refractivity contribution < 1.29 is 27.8 Å². The highest BCUT2D eigenvalue weighted by Gasteiger charge is 2.30. The van der Waals surface area contributed by atoms with E-state index in [1.807, 2.05) is 12.1 Å². The number of carboxylic acids is 1. The summed E-state index contributed by atoms with van der Waals surface area (Å²) in [7, 11) is 0. The number of alkyl halides is 3. The molecule has 2 aromatic carbocycles. The van der Waals surface area contributed by atoms with Gasteiger partial charge in [0.05, 0.1) is 29.2 Å². The molecule has 0 saturated heterocycles. The summed E-state index contributed by atoms with van der Waals surface area (Å²) in [5.74, 6) is -0.277. The van der Waals surface area contributed by atoms with Gasteiger partial charge in [-0.25, -0.2) is 0 Å². The second-order valence-corrected chi connectivity index (χ2v) is 7.22. The molecule has 32 heavy (non-hydrogen) atoms. The van der Waals surface area contributed by atoms with E-state index in [9.17, 15) is 18.0 Å². The first-order valence-corrected chi connectivity index (χ1v) is 9.74. The van der Waals surface area contributed by atoms with Crippen molar-refractivity contribution in [1.82, 2.24) is 19.6 Å². The Morgan fingerprint density at radius 2 is 1.84 bits per heavy atom. The van der Waals surface area contributed by atoms with E-state index >= 15 is 0 Å². The molecule has 0 amide bonds. The van der Waals surface area contributed by atoms with Gasteiger partial charge in [-0.1, -0.05) is 0 Å². The van der Waals surface area contributed by atoms with Gasteiger partial charge in [-0.05, 0) is 55.5 Å². The van der Waals surface area contributed by atoms with Crippen LogP contribution in [0, 0.1) is 6.92 Å². The normalized spacial score (nSPS) is 11.8. The highest BCUT2D eigenvalue weighted by atomic mass is 19.4. The number of carboxylic acid groups (broad SMARTS) is 1. The molecule has 1 N–H and O–H groups in total. The summed E-state index contributed by atoms with van der Waals surface area (Å²) in [5.41, 5.74) is 1.85. The molecule has 2 heterocycles. The minimum Gasteiger partial charge on any atom is -0.493 e. The molecule has 0 aliphatic heterocycles. The van der Waals surface area contributed by atoms with Crippen LogP contribution in [-0.4, -0.2) is 37.2 Å². The van der Waals surface area contributed by atoms with E-state index in [0.29, 0.717) is 35.9 Å². The van der Waals surface area contributed by atoms with Crippen LogP contribution < -0.4 is 4.74 Å². The summed E-state index contributed by atoms with van der Waals surface area (Å²) in [6.07, 6.45) is -2.22. The molecule has 0 saturated carbocycles. The number of aliphatic carboxylic acids is 1. The average molecular weight is 444 g/mol. The Balaban J connectivity index is 1.40. The summed E-state index contributed by atoms with van der Waals surface area (Å²) in [6.45, 7) is 1.99. The van der Waals surface area contributed by atoms with Crippen LogP contribution in [-0.2, 0) is 23.9 Å². The van der Waals surface area contributed by atoms with Gasteiger partial charge in [-0.2, -0.15) is 28.2 Å². The number of benzene rings is 2. The molecule has 4 rings (SSSR count). The molecule has 2 aromatic heterocycles. The smallest absolute Gasteiger partial charge is 0.416 e. The summed E-state index contributed by atoms with van der Waals surface area (Å²) >= 11 is 0. The quantitative estimate of drug-likeness (QED) is 0.461. The van der Waals surface area contributed by atoms with E-state index < -0.39 is 17.7 Å². The Morgan fingerprint density at radius 3 is 2.53 bits per heavy atom. The first-order valence-electron chi connectivity index (χ1n) is 9.74. The maximum absolute atomic E-state index is 12.7. The lowest BCUT2D eigenvalue weighted by molar-refractivity contribution is -0.138. The van der Waals surface area contributed by atoms with Crippen LogP contribution in [0.2, 0.25) is 0 Å². The maximum atomic E-state index is 12.7. The van der Waals surface area contributed by atoms with Gasteiger partial charge in [0.25, 0.3) is 0 Å². The number of rotatable bonds is 7. The van der Waals surface area contributed by atoms with Gasteiger partial charge in [0.1, 0.15) is 12.3 Å². The van der Waals surface area contributed by atoms with E-state index in [1.165, 1.54) is 16.9 Å². The fraction of sp³-hybridized carbons (Fsp3) is 0.227. The Bertz CT molecular complexity index is 1260. The van der Waals surface area contributed by atoms with Crippen molar-refractivity contribution in [2.24, 2.45) is 0 Å². The molecule has 0 aliphatic rings. The Kier molecular flexibility index (Phi) is 5.60. The lowest BCUT2D eigenvalue weighted by Gasteiger charge is -2.07. The third-order valence-corrected chi connectivity index (χ3v) is 4.96. The number of hydrogen-bond donors (Lipinski definition) is 1. The Labute approximate surface area is 180 Å². The van der Waals surface area contributed by atoms with E-state index in [1.54, 1.807) is 29.8 Å². The van der Waals surface area contributed by atoms with Gasteiger partial charge >= 0.3 is 12.1 Å². The van der Waals surface area contributed by atoms with Gasteiger partial charge in [0.2, 0.25) is 0 Å². The summed E-state index contributed by atoms with van der Waals surface area (Å²) in [4.78, 5) is 12.2. The van der Waals surface area contributed by atoms with Crippen LogP contribution in [0.25, 0.3) is 16.6 Å². The Hall–Kier alpha value is -3.82. The zero-order valence-electron chi connectivity index (χ0n) is 17.0. The second-order valence-electron chi connectivity index (χ2n) is 7.22. The molecule has 0 aliphatic carbocycles. The largest absolute Gasteiger partial charge is 0.493 e. The van der Waals surface area contributed by atoms with Crippen molar-refractivity contribution in [3.8, 4) is 11.4 Å². The van der Waals surface area contributed by atoms with E-state index in [2.05, 4.69) is 10.2 Å². The van der Waals surface area contributed by atoms with Crippen LogP contribution in [0.15, 0.2) is 54.7 Å². The molecular formula is C22H19F3N4O3. The highest BCUT2D eigenvalue weighted by Crippen LogP contribution is 2.29. The summed E-state index contributed by atoms with van der Waals surface area (Å²) < 4.78 is 45.6. The van der Waals surface area contributed by atoms with Crippen molar-refractivity contribution in [3.63, 3.8) is 0 Å². The van der Waals surface area contributed by atoms with Crippen molar-refractivity contribution in [3.05, 3.63) is 71.7 Å². The first-order chi connectivity index (χ1) is 15.2. The van der Waals surface area contributed by atoms with Gasteiger partial charge < -0.3 is 14.4 Å². The molecule has 0 fully saturated rings. The fourth-order valence-electron chi connectivity index (χ4n) is 3.36. The SMILES string of the molecule is Cc1nn(-c2ccc(C(F)(F)F)cc2)nc1CCOc1ccc2c(ccn2CC(=O)O)c1. The van der Waals surface area contributed by atoms with Crippen LogP contribution in [0.3, 0.4) is 0 Å². The lowest BCUT2D eigenvalue weighted by atomic mass is 10.2. The number of aromatic nitrogens is 4. The minimum atomic E-state index is -4.39. The van der Waals surface area contributed by atoms with Crippen LogP contribution in [0.1, 0.15) is 17.0 Å². The molecule has 4 aromatic rings. The Morgan fingerprint density at radius 1 is 1.09 bits per heavy atom.